The zero-order chi connectivity index (χ0) is 11.7. The number of unbranched alkanes of at least 4 members (excludes halogenated alkanes) is 1. The van der Waals surface area contributed by atoms with Gasteiger partial charge in [0.1, 0.15) is 0 Å². The van der Waals surface area contributed by atoms with Crippen LogP contribution in [0.1, 0.15) is 46.0 Å². The molecule has 15 heavy (non-hydrogen) atoms. The number of aliphatic hydroxyl groups is 1. The van der Waals surface area contributed by atoms with Crippen LogP contribution < -0.4 is 4.72 Å². The first-order chi connectivity index (χ1) is 7.05. The summed E-state index contributed by atoms with van der Waals surface area (Å²) in [6.45, 7) is 4.08. The molecule has 5 heteroatoms. The summed E-state index contributed by atoms with van der Waals surface area (Å²) in [7, 11) is -3.15. The van der Waals surface area contributed by atoms with Crippen molar-refractivity contribution in [1.29, 1.82) is 0 Å². The van der Waals surface area contributed by atoms with Gasteiger partial charge in [0.05, 0.1) is 5.75 Å². The number of aliphatic hydroxyl groups excluding tert-OH is 1. The van der Waals surface area contributed by atoms with Crippen LogP contribution in [0, 0.1) is 0 Å². The molecule has 1 unspecified atom stereocenters. The van der Waals surface area contributed by atoms with Gasteiger partial charge >= 0.3 is 0 Å². The summed E-state index contributed by atoms with van der Waals surface area (Å²) < 4.78 is 25.8. The average Bonchev–Trinajstić information content (AvgIpc) is 2.17. The molecule has 1 atom stereocenters. The van der Waals surface area contributed by atoms with Crippen LogP contribution in [0.15, 0.2) is 0 Å². The highest BCUT2D eigenvalue weighted by molar-refractivity contribution is 7.89. The fraction of sp³-hybridized carbons (Fsp3) is 1.00. The Hall–Kier alpha value is -0.130. The summed E-state index contributed by atoms with van der Waals surface area (Å²) in [6, 6.07) is 0.0640. The Bertz CT molecular complexity index is 239. The Morgan fingerprint density at radius 3 is 2.40 bits per heavy atom. The lowest BCUT2D eigenvalue weighted by atomic mass is 10.1. The molecule has 0 saturated heterocycles. The van der Waals surface area contributed by atoms with Crippen molar-refractivity contribution in [1.82, 2.24) is 4.72 Å². The summed E-state index contributed by atoms with van der Waals surface area (Å²) in [5.74, 6) is 0.119. The molecule has 4 nitrogen and oxygen atoms in total. The average molecular weight is 237 g/mol. The van der Waals surface area contributed by atoms with Crippen LogP contribution in [0.2, 0.25) is 0 Å². The Kier molecular flexibility index (Phi) is 8.00. The van der Waals surface area contributed by atoms with Crippen LogP contribution in [0.25, 0.3) is 0 Å². The molecule has 0 aromatic rings. The lowest BCUT2D eigenvalue weighted by Gasteiger charge is -2.15. The van der Waals surface area contributed by atoms with Gasteiger partial charge in [0, 0.05) is 12.6 Å². The monoisotopic (exact) mass is 237 g/mol. The summed E-state index contributed by atoms with van der Waals surface area (Å²) in [4.78, 5) is 0. The lowest BCUT2D eigenvalue weighted by Crippen LogP contribution is -2.35. The first-order valence-corrected chi connectivity index (χ1v) is 7.31. The fourth-order valence-corrected chi connectivity index (χ4v) is 2.91. The third kappa shape index (κ3) is 7.76. The van der Waals surface area contributed by atoms with Gasteiger partial charge in [-0.1, -0.05) is 20.3 Å². The van der Waals surface area contributed by atoms with E-state index >= 15 is 0 Å². The van der Waals surface area contributed by atoms with E-state index in [1.54, 1.807) is 0 Å². The Morgan fingerprint density at radius 2 is 1.93 bits per heavy atom. The molecule has 92 valence electrons. The van der Waals surface area contributed by atoms with Crippen molar-refractivity contribution >= 4 is 10.0 Å². The molecule has 2 N–H and O–H groups in total. The van der Waals surface area contributed by atoms with E-state index in [9.17, 15) is 8.42 Å². The Morgan fingerprint density at radius 1 is 1.27 bits per heavy atom. The Balaban J connectivity index is 3.99. The molecule has 0 rings (SSSR count). The van der Waals surface area contributed by atoms with Crippen LogP contribution in [0.4, 0.5) is 0 Å². The van der Waals surface area contributed by atoms with Crippen LogP contribution in [-0.2, 0) is 10.0 Å². The largest absolute Gasteiger partial charge is 0.396 e. The lowest BCUT2D eigenvalue weighted by molar-refractivity contribution is 0.287. The summed E-state index contributed by atoms with van der Waals surface area (Å²) >= 11 is 0. The van der Waals surface area contributed by atoms with E-state index in [-0.39, 0.29) is 18.4 Å². The standard InChI is InChI=1S/C10H23NO3S/c1-3-7-10(4-2)11-15(13,14)9-6-5-8-12/h10-12H,3-9H2,1-2H3. The van der Waals surface area contributed by atoms with Crippen molar-refractivity contribution in [3.05, 3.63) is 0 Å². The van der Waals surface area contributed by atoms with E-state index in [0.29, 0.717) is 12.8 Å². The van der Waals surface area contributed by atoms with Gasteiger partial charge in [-0.3, -0.25) is 0 Å². The molecule has 0 amide bonds. The quantitative estimate of drug-likeness (QED) is 0.593. The van der Waals surface area contributed by atoms with Gasteiger partial charge in [-0.15, -0.1) is 0 Å². The SMILES string of the molecule is CCCC(CC)NS(=O)(=O)CCCCO. The van der Waals surface area contributed by atoms with E-state index in [0.717, 1.165) is 19.3 Å². The van der Waals surface area contributed by atoms with Crippen LogP contribution >= 0.6 is 0 Å². The van der Waals surface area contributed by atoms with E-state index in [1.165, 1.54) is 0 Å². The molecule has 0 spiro atoms. The minimum absolute atomic E-state index is 0.0572. The topological polar surface area (TPSA) is 66.4 Å². The molecule has 0 aromatic carbocycles. The van der Waals surface area contributed by atoms with Gasteiger partial charge in [-0.05, 0) is 25.7 Å². The predicted molar refractivity (Wildman–Crippen MR) is 62.2 cm³/mol. The van der Waals surface area contributed by atoms with Crippen molar-refractivity contribution in [2.45, 2.75) is 52.0 Å². The minimum Gasteiger partial charge on any atom is -0.396 e. The molecule has 0 saturated carbocycles. The summed E-state index contributed by atoms with van der Waals surface area (Å²) in [5.41, 5.74) is 0. The van der Waals surface area contributed by atoms with Crippen LogP contribution in [0.3, 0.4) is 0 Å². The Labute approximate surface area is 93.1 Å². The number of rotatable bonds is 9. The maximum absolute atomic E-state index is 11.6. The molecule has 0 aliphatic carbocycles. The van der Waals surface area contributed by atoms with Gasteiger partial charge < -0.3 is 5.11 Å². The highest BCUT2D eigenvalue weighted by atomic mass is 32.2. The second-order valence-corrected chi connectivity index (χ2v) is 5.63. The van der Waals surface area contributed by atoms with Crippen molar-refractivity contribution in [3.8, 4) is 0 Å². The number of hydrogen-bond donors (Lipinski definition) is 2. The van der Waals surface area contributed by atoms with Gasteiger partial charge in [0.25, 0.3) is 0 Å². The highest BCUT2D eigenvalue weighted by Gasteiger charge is 2.15. The smallest absolute Gasteiger partial charge is 0.211 e. The maximum Gasteiger partial charge on any atom is 0.211 e. The minimum atomic E-state index is -3.15. The molecular formula is C10H23NO3S. The van der Waals surface area contributed by atoms with Crippen LogP contribution in [0.5, 0.6) is 0 Å². The molecule has 0 aliphatic heterocycles. The second-order valence-electron chi connectivity index (χ2n) is 3.76. The zero-order valence-corrected chi connectivity index (χ0v) is 10.5. The summed E-state index contributed by atoms with van der Waals surface area (Å²) in [5, 5.41) is 8.56. The van der Waals surface area contributed by atoms with Gasteiger partial charge in [0.2, 0.25) is 10.0 Å². The fourth-order valence-electron chi connectivity index (χ4n) is 1.41. The molecule has 0 aliphatic rings. The molecule has 0 heterocycles. The molecule has 0 bridgehead atoms. The molecular weight excluding hydrogens is 214 g/mol. The van der Waals surface area contributed by atoms with Crippen molar-refractivity contribution in [2.75, 3.05) is 12.4 Å². The van der Waals surface area contributed by atoms with Gasteiger partial charge in [-0.2, -0.15) is 0 Å². The third-order valence-corrected chi connectivity index (χ3v) is 3.82. The number of hydrogen-bond acceptors (Lipinski definition) is 3. The first-order valence-electron chi connectivity index (χ1n) is 5.66. The van der Waals surface area contributed by atoms with Gasteiger partial charge in [-0.25, -0.2) is 13.1 Å². The van der Waals surface area contributed by atoms with Crippen molar-refractivity contribution < 1.29 is 13.5 Å². The normalized spacial score (nSPS) is 14.1. The highest BCUT2D eigenvalue weighted by Crippen LogP contribution is 2.04. The summed E-state index contributed by atoms with van der Waals surface area (Å²) in [6.07, 6.45) is 3.76. The maximum atomic E-state index is 11.6. The first kappa shape index (κ1) is 14.9. The predicted octanol–water partition coefficient (Wildman–Crippen LogP) is 1.26. The van der Waals surface area contributed by atoms with E-state index in [4.69, 9.17) is 5.11 Å². The van der Waals surface area contributed by atoms with Crippen LogP contribution in [-0.4, -0.2) is 31.9 Å². The molecule has 0 radical (unpaired) electrons. The molecule has 0 fully saturated rings. The van der Waals surface area contributed by atoms with E-state index in [2.05, 4.69) is 4.72 Å². The number of nitrogens with one attached hydrogen (secondary N) is 1. The van der Waals surface area contributed by atoms with Crippen molar-refractivity contribution in [3.63, 3.8) is 0 Å². The van der Waals surface area contributed by atoms with E-state index < -0.39 is 10.0 Å². The molecule has 0 aromatic heterocycles. The second kappa shape index (κ2) is 8.07. The zero-order valence-electron chi connectivity index (χ0n) is 9.70. The number of sulfonamides is 1. The third-order valence-electron chi connectivity index (χ3n) is 2.30. The van der Waals surface area contributed by atoms with E-state index in [1.807, 2.05) is 13.8 Å². The van der Waals surface area contributed by atoms with Gasteiger partial charge in [0.15, 0.2) is 0 Å². The van der Waals surface area contributed by atoms with Crippen molar-refractivity contribution in [2.24, 2.45) is 0 Å².